The predicted molar refractivity (Wildman–Crippen MR) is 79.9 cm³/mol. The van der Waals surface area contributed by atoms with E-state index in [1.807, 2.05) is 25.3 Å². The first kappa shape index (κ1) is 17.1. The second-order valence-electron chi connectivity index (χ2n) is 5.15. The van der Waals surface area contributed by atoms with Crippen LogP contribution in [0.4, 0.5) is 0 Å². The summed E-state index contributed by atoms with van der Waals surface area (Å²) < 4.78 is 29.0. The minimum Gasteiger partial charge on any atom is -0.334 e. The molecule has 0 atom stereocenters. The molecule has 0 fully saturated rings. The predicted octanol–water partition coefficient (Wildman–Crippen LogP) is 1.25. The van der Waals surface area contributed by atoms with Gasteiger partial charge in [-0.1, -0.05) is 13.8 Å². The molecule has 20 heavy (non-hydrogen) atoms. The lowest BCUT2D eigenvalue weighted by atomic mass is 9.83. The number of sulfonamides is 1. The number of rotatable bonds is 8. The van der Waals surface area contributed by atoms with Crippen LogP contribution in [0.5, 0.6) is 0 Å². The minimum absolute atomic E-state index is 0.0787. The van der Waals surface area contributed by atoms with Crippen molar-refractivity contribution in [2.24, 2.45) is 11.1 Å². The van der Waals surface area contributed by atoms with Crippen molar-refractivity contribution in [2.75, 3.05) is 13.1 Å². The number of imidazole rings is 1. The molecule has 116 valence electrons. The van der Waals surface area contributed by atoms with Crippen molar-refractivity contribution in [3.05, 3.63) is 12.0 Å². The Morgan fingerprint density at radius 1 is 1.35 bits per heavy atom. The van der Waals surface area contributed by atoms with Crippen LogP contribution < -0.4 is 10.5 Å². The average molecular weight is 302 g/mol. The van der Waals surface area contributed by atoms with Crippen molar-refractivity contribution < 1.29 is 8.42 Å². The van der Waals surface area contributed by atoms with Crippen LogP contribution in [0.25, 0.3) is 0 Å². The molecule has 0 spiro atoms. The zero-order chi connectivity index (χ0) is 15.4. The van der Waals surface area contributed by atoms with Crippen LogP contribution in [0.1, 0.15) is 39.4 Å². The highest BCUT2D eigenvalue weighted by Crippen LogP contribution is 2.24. The van der Waals surface area contributed by atoms with Gasteiger partial charge in [0.2, 0.25) is 0 Å². The number of hydrogen-bond acceptors (Lipinski definition) is 4. The number of hydrogen-bond donors (Lipinski definition) is 2. The first-order valence-corrected chi connectivity index (χ1v) is 8.56. The Kier molecular flexibility index (Phi) is 5.73. The Hall–Kier alpha value is -0.920. The summed E-state index contributed by atoms with van der Waals surface area (Å²) in [5.74, 6) is 0.698. The van der Waals surface area contributed by atoms with Crippen molar-refractivity contribution in [1.82, 2.24) is 14.3 Å². The highest BCUT2D eigenvalue weighted by Gasteiger charge is 2.28. The molecule has 0 aliphatic rings. The van der Waals surface area contributed by atoms with Gasteiger partial charge in [-0.2, -0.15) is 0 Å². The molecule has 1 rings (SSSR count). The lowest BCUT2D eigenvalue weighted by Crippen LogP contribution is -2.41. The lowest BCUT2D eigenvalue weighted by molar-refractivity contribution is 0.275. The Labute approximate surface area is 121 Å². The number of aryl methyl sites for hydroxylation is 2. The van der Waals surface area contributed by atoms with Crippen LogP contribution in [-0.2, 0) is 16.6 Å². The molecular weight excluding hydrogens is 276 g/mol. The molecule has 7 heteroatoms. The van der Waals surface area contributed by atoms with Gasteiger partial charge in [-0.25, -0.2) is 18.1 Å². The van der Waals surface area contributed by atoms with Gasteiger partial charge in [0.25, 0.3) is 10.0 Å². The van der Waals surface area contributed by atoms with E-state index in [1.165, 1.54) is 0 Å². The van der Waals surface area contributed by atoms with Gasteiger partial charge >= 0.3 is 0 Å². The summed E-state index contributed by atoms with van der Waals surface area (Å²) in [6.45, 7) is 9.31. The van der Waals surface area contributed by atoms with Crippen molar-refractivity contribution in [3.8, 4) is 0 Å². The van der Waals surface area contributed by atoms with Crippen LogP contribution in [0, 0.1) is 12.3 Å². The van der Waals surface area contributed by atoms with E-state index in [0.717, 1.165) is 12.8 Å². The number of nitrogens with one attached hydrogen (secondary N) is 1. The summed E-state index contributed by atoms with van der Waals surface area (Å²) in [5.41, 5.74) is 5.61. The third kappa shape index (κ3) is 3.59. The second kappa shape index (κ2) is 6.69. The normalized spacial score (nSPS) is 12.8. The quantitative estimate of drug-likeness (QED) is 0.756. The first-order valence-electron chi connectivity index (χ1n) is 7.07. The highest BCUT2D eigenvalue weighted by molar-refractivity contribution is 7.89. The SMILES string of the molecule is CCn1cc(S(=O)(=O)NCC(CC)(CC)CN)nc1C. The van der Waals surface area contributed by atoms with Gasteiger partial charge in [-0.05, 0) is 38.6 Å². The van der Waals surface area contributed by atoms with Crippen LogP contribution >= 0.6 is 0 Å². The molecule has 0 aliphatic heterocycles. The van der Waals surface area contributed by atoms with Gasteiger partial charge in [-0.3, -0.25) is 0 Å². The Balaban J connectivity index is 2.89. The first-order chi connectivity index (χ1) is 9.34. The molecule has 0 bridgehead atoms. The minimum atomic E-state index is -3.57. The maximum absolute atomic E-state index is 12.3. The van der Waals surface area contributed by atoms with Crippen molar-refractivity contribution in [1.29, 1.82) is 0 Å². The molecule has 0 saturated carbocycles. The van der Waals surface area contributed by atoms with Crippen molar-refractivity contribution in [2.45, 2.75) is 52.1 Å². The van der Waals surface area contributed by atoms with Gasteiger partial charge in [0.1, 0.15) is 5.82 Å². The largest absolute Gasteiger partial charge is 0.334 e. The molecule has 0 aliphatic carbocycles. The average Bonchev–Trinajstić information content (AvgIpc) is 2.83. The van der Waals surface area contributed by atoms with Crippen molar-refractivity contribution >= 4 is 10.0 Å². The Morgan fingerprint density at radius 3 is 2.35 bits per heavy atom. The third-order valence-corrected chi connectivity index (χ3v) is 5.41. The van der Waals surface area contributed by atoms with E-state index in [9.17, 15) is 8.42 Å². The Morgan fingerprint density at radius 2 is 1.95 bits per heavy atom. The van der Waals surface area contributed by atoms with E-state index in [0.29, 0.717) is 25.5 Å². The number of aromatic nitrogens is 2. The summed E-state index contributed by atoms with van der Waals surface area (Å²) in [7, 11) is -3.57. The molecule has 1 heterocycles. The lowest BCUT2D eigenvalue weighted by Gasteiger charge is -2.29. The van der Waals surface area contributed by atoms with E-state index in [-0.39, 0.29) is 10.4 Å². The molecule has 3 N–H and O–H groups in total. The topological polar surface area (TPSA) is 90.0 Å². The molecule has 6 nitrogen and oxygen atoms in total. The molecule has 0 amide bonds. The van der Waals surface area contributed by atoms with E-state index in [4.69, 9.17) is 5.73 Å². The van der Waals surface area contributed by atoms with Crippen LogP contribution in [0.3, 0.4) is 0 Å². The second-order valence-corrected chi connectivity index (χ2v) is 6.86. The molecule has 0 radical (unpaired) electrons. The van der Waals surface area contributed by atoms with E-state index >= 15 is 0 Å². The maximum Gasteiger partial charge on any atom is 0.259 e. The maximum atomic E-state index is 12.3. The van der Waals surface area contributed by atoms with Crippen LogP contribution in [0.15, 0.2) is 11.2 Å². The number of nitrogens with two attached hydrogens (primary N) is 1. The fourth-order valence-electron chi connectivity index (χ4n) is 2.11. The fraction of sp³-hybridized carbons (Fsp3) is 0.769. The summed E-state index contributed by atoms with van der Waals surface area (Å²) in [5, 5.41) is 0.0787. The Bertz CT molecular complexity index is 524. The molecule has 1 aromatic rings. The standard InChI is InChI=1S/C13H26N4O2S/c1-5-13(6-2,9-14)10-15-20(18,19)12-8-17(7-3)11(4)16-12/h8,15H,5-7,9-10,14H2,1-4H3. The van der Waals surface area contributed by atoms with Gasteiger partial charge in [0, 0.05) is 19.3 Å². The number of nitrogens with zero attached hydrogens (tertiary/aromatic N) is 2. The molecular formula is C13H26N4O2S. The summed E-state index contributed by atoms with van der Waals surface area (Å²) in [6.07, 6.45) is 3.25. The molecule has 1 aromatic heterocycles. The molecule has 0 aromatic carbocycles. The highest BCUT2D eigenvalue weighted by atomic mass is 32.2. The zero-order valence-corrected chi connectivity index (χ0v) is 13.6. The zero-order valence-electron chi connectivity index (χ0n) is 12.8. The molecule has 0 unspecified atom stereocenters. The van der Waals surface area contributed by atoms with Crippen LogP contribution in [-0.4, -0.2) is 31.1 Å². The van der Waals surface area contributed by atoms with Crippen LogP contribution in [0.2, 0.25) is 0 Å². The summed E-state index contributed by atoms with van der Waals surface area (Å²) in [6, 6.07) is 0. The van der Waals surface area contributed by atoms with E-state index in [2.05, 4.69) is 9.71 Å². The summed E-state index contributed by atoms with van der Waals surface area (Å²) >= 11 is 0. The van der Waals surface area contributed by atoms with E-state index in [1.54, 1.807) is 13.1 Å². The smallest absolute Gasteiger partial charge is 0.259 e. The van der Waals surface area contributed by atoms with Gasteiger partial charge in [-0.15, -0.1) is 0 Å². The molecule has 0 saturated heterocycles. The monoisotopic (exact) mass is 302 g/mol. The van der Waals surface area contributed by atoms with Crippen molar-refractivity contribution in [3.63, 3.8) is 0 Å². The van der Waals surface area contributed by atoms with Gasteiger partial charge in [0.05, 0.1) is 0 Å². The fourth-order valence-corrected chi connectivity index (χ4v) is 3.27. The summed E-state index contributed by atoms with van der Waals surface area (Å²) in [4.78, 5) is 4.11. The van der Waals surface area contributed by atoms with Gasteiger partial charge in [0.15, 0.2) is 5.03 Å². The van der Waals surface area contributed by atoms with Gasteiger partial charge < -0.3 is 10.3 Å². The van der Waals surface area contributed by atoms with E-state index < -0.39 is 10.0 Å². The third-order valence-electron chi connectivity index (χ3n) is 4.14.